The molecule has 0 aliphatic heterocycles. The van der Waals surface area contributed by atoms with Gasteiger partial charge in [-0.1, -0.05) is 0 Å². The van der Waals surface area contributed by atoms with E-state index >= 15 is 0 Å². The molecule has 0 rings (SSSR count). The summed E-state index contributed by atoms with van der Waals surface area (Å²) in [5, 5.41) is 0. The van der Waals surface area contributed by atoms with Gasteiger partial charge in [-0.05, 0) is 12.8 Å². The first-order valence-corrected chi connectivity index (χ1v) is 5.55. The Labute approximate surface area is 92.0 Å². The summed E-state index contributed by atoms with van der Waals surface area (Å²) in [6, 6.07) is 0. The number of hydrogen-bond acceptors (Lipinski definition) is 5. The number of nitrogens with two attached hydrogens (primary N) is 2. The predicted molar refractivity (Wildman–Crippen MR) is 59.8 cm³/mol. The van der Waals surface area contributed by atoms with Crippen LogP contribution in [0.2, 0.25) is 0 Å². The van der Waals surface area contributed by atoms with Crippen LogP contribution in [0.3, 0.4) is 0 Å². The molecule has 5 nitrogen and oxygen atoms in total. The fourth-order valence-corrected chi connectivity index (χ4v) is 0.999. The van der Waals surface area contributed by atoms with Crippen LogP contribution in [0.4, 0.5) is 0 Å². The van der Waals surface area contributed by atoms with Gasteiger partial charge in [-0.2, -0.15) is 0 Å². The highest BCUT2D eigenvalue weighted by molar-refractivity contribution is 4.40. The Morgan fingerprint density at radius 1 is 0.533 bits per heavy atom. The highest BCUT2D eigenvalue weighted by Crippen LogP contribution is 1.91. The lowest BCUT2D eigenvalue weighted by Gasteiger charge is -2.05. The highest BCUT2D eigenvalue weighted by atomic mass is 16.5. The van der Waals surface area contributed by atoms with Crippen LogP contribution in [0.25, 0.3) is 0 Å². The average molecular weight is 220 g/mol. The lowest BCUT2D eigenvalue weighted by molar-refractivity contribution is 0.0460. The van der Waals surface area contributed by atoms with Crippen molar-refractivity contribution in [3.05, 3.63) is 0 Å². The van der Waals surface area contributed by atoms with E-state index in [0.717, 1.165) is 26.1 Å². The molecule has 92 valence electrons. The molecular formula is C10H24N2O3. The van der Waals surface area contributed by atoms with Crippen molar-refractivity contribution in [1.29, 1.82) is 0 Å². The molecule has 0 unspecified atom stereocenters. The molecular weight excluding hydrogens is 196 g/mol. The van der Waals surface area contributed by atoms with E-state index in [0.29, 0.717) is 39.5 Å². The maximum Gasteiger partial charge on any atom is 0.0701 e. The lowest BCUT2D eigenvalue weighted by Crippen LogP contribution is -2.12. The molecule has 0 saturated carbocycles. The molecule has 0 aliphatic rings. The van der Waals surface area contributed by atoms with Gasteiger partial charge in [0.15, 0.2) is 0 Å². The first-order chi connectivity index (χ1) is 7.41. The largest absolute Gasteiger partial charge is 0.380 e. The van der Waals surface area contributed by atoms with Crippen molar-refractivity contribution in [2.24, 2.45) is 11.5 Å². The molecule has 0 aromatic heterocycles. The van der Waals surface area contributed by atoms with E-state index in [4.69, 9.17) is 25.7 Å². The smallest absolute Gasteiger partial charge is 0.0701 e. The summed E-state index contributed by atoms with van der Waals surface area (Å²) in [6.07, 6.45) is 2.03. The summed E-state index contributed by atoms with van der Waals surface area (Å²) >= 11 is 0. The maximum absolute atomic E-state index is 5.34. The van der Waals surface area contributed by atoms with E-state index in [-0.39, 0.29) is 0 Å². The molecule has 0 bridgehead atoms. The van der Waals surface area contributed by atoms with Crippen LogP contribution in [-0.2, 0) is 14.2 Å². The van der Waals surface area contributed by atoms with Crippen LogP contribution < -0.4 is 11.5 Å². The molecule has 4 N–H and O–H groups in total. The Kier molecular flexibility index (Phi) is 13.6. The van der Waals surface area contributed by atoms with E-state index in [2.05, 4.69) is 0 Å². The molecule has 0 aliphatic carbocycles. The van der Waals surface area contributed by atoms with E-state index in [1.54, 1.807) is 0 Å². The Bertz CT molecular complexity index is 103. The molecule has 0 atom stereocenters. The predicted octanol–water partition coefficient (Wildman–Crippen LogP) is -0.266. The van der Waals surface area contributed by atoms with Crippen molar-refractivity contribution in [2.75, 3.05) is 52.7 Å². The maximum atomic E-state index is 5.34. The minimum absolute atomic E-state index is 0.568. The summed E-state index contributed by atoms with van der Waals surface area (Å²) in [5.74, 6) is 0. The second-order valence-electron chi connectivity index (χ2n) is 3.12. The molecule has 0 radical (unpaired) electrons. The minimum atomic E-state index is 0.568. The second kappa shape index (κ2) is 13.8. The van der Waals surface area contributed by atoms with Crippen molar-refractivity contribution in [2.45, 2.75) is 12.8 Å². The molecule has 5 heteroatoms. The molecule has 0 fully saturated rings. The third-order valence-electron chi connectivity index (χ3n) is 1.72. The molecule has 0 aromatic rings. The molecule has 0 spiro atoms. The first-order valence-electron chi connectivity index (χ1n) is 5.55. The standard InChI is InChI=1S/C10H24N2O3/c11-3-7-13-5-1-2-6-14-9-10-15-8-4-12/h1-12H2. The molecule has 0 heterocycles. The van der Waals surface area contributed by atoms with Crippen LogP contribution >= 0.6 is 0 Å². The number of unbranched alkanes of at least 4 members (excludes halogenated alkanes) is 1. The van der Waals surface area contributed by atoms with Gasteiger partial charge in [0.05, 0.1) is 26.4 Å². The van der Waals surface area contributed by atoms with E-state index in [9.17, 15) is 0 Å². The topological polar surface area (TPSA) is 79.7 Å². The van der Waals surface area contributed by atoms with E-state index in [1.165, 1.54) is 0 Å². The number of ether oxygens (including phenoxy) is 3. The zero-order chi connectivity index (χ0) is 11.2. The van der Waals surface area contributed by atoms with E-state index in [1.807, 2.05) is 0 Å². The third-order valence-corrected chi connectivity index (χ3v) is 1.72. The lowest BCUT2D eigenvalue weighted by atomic mass is 10.3. The Morgan fingerprint density at radius 2 is 0.933 bits per heavy atom. The zero-order valence-electron chi connectivity index (χ0n) is 9.45. The summed E-state index contributed by atoms with van der Waals surface area (Å²) < 4.78 is 15.7. The monoisotopic (exact) mass is 220 g/mol. The molecule has 0 saturated heterocycles. The Balaban J connectivity index is 2.81. The number of hydrogen-bond donors (Lipinski definition) is 2. The highest BCUT2D eigenvalue weighted by Gasteiger charge is 1.91. The fraction of sp³-hybridized carbons (Fsp3) is 1.00. The van der Waals surface area contributed by atoms with Gasteiger partial charge >= 0.3 is 0 Å². The Hall–Kier alpha value is -0.200. The van der Waals surface area contributed by atoms with Gasteiger partial charge in [-0.15, -0.1) is 0 Å². The van der Waals surface area contributed by atoms with Gasteiger partial charge < -0.3 is 25.7 Å². The summed E-state index contributed by atoms with van der Waals surface area (Å²) in [6.45, 7) is 5.21. The SMILES string of the molecule is NCCOCCCCOCCOCCN. The van der Waals surface area contributed by atoms with Crippen LogP contribution in [0, 0.1) is 0 Å². The van der Waals surface area contributed by atoms with Crippen molar-refractivity contribution >= 4 is 0 Å². The Morgan fingerprint density at radius 3 is 1.40 bits per heavy atom. The van der Waals surface area contributed by atoms with Crippen LogP contribution in [0.5, 0.6) is 0 Å². The van der Waals surface area contributed by atoms with Crippen LogP contribution in [0.1, 0.15) is 12.8 Å². The fourth-order valence-electron chi connectivity index (χ4n) is 0.999. The van der Waals surface area contributed by atoms with Crippen molar-refractivity contribution in [3.63, 3.8) is 0 Å². The minimum Gasteiger partial charge on any atom is -0.380 e. The van der Waals surface area contributed by atoms with Crippen molar-refractivity contribution in [1.82, 2.24) is 0 Å². The first kappa shape index (κ1) is 14.8. The summed E-state index contributed by atoms with van der Waals surface area (Å²) in [7, 11) is 0. The third kappa shape index (κ3) is 13.8. The van der Waals surface area contributed by atoms with Gasteiger partial charge in [-0.3, -0.25) is 0 Å². The van der Waals surface area contributed by atoms with Gasteiger partial charge in [0, 0.05) is 26.3 Å². The summed E-state index contributed by atoms with van der Waals surface area (Å²) in [4.78, 5) is 0. The second-order valence-corrected chi connectivity index (χ2v) is 3.12. The quantitative estimate of drug-likeness (QED) is 0.443. The average Bonchev–Trinajstić information content (AvgIpc) is 2.26. The van der Waals surface area contributed by atoms with Crippen molar-refractivity contribution < 1.29 is 14.2 Å². The van der Waals surface area contributed by atoms with Crippen LogP contribution in [0.15, 0.2) is 0 Å². The van der Waals surface area contributed by atoms with Gasteiger partial charge in [0.1, 0.15) is 0 Å². The molecule has 0 amide bonds. The molecule has 15 heavy (non-hydrogen) atoms. The van der Waals surface area contributed by atoms with Crippen molar-refractivity contribution in [3.8, 4) is 0 Å². The molecule has 0 aromatic carbocycles. The van der Waals surface area contributed by atoms with Crippen LogP contribution in [-0.4, -0.2) is 52.7 Å². The van der Waals surface area contributed by atoms with Gasteiger partial charge in [0.2, 0.25) is 0 Å². The number of rotatable bonds is 12. The zero-order valence-corrected chi connectivity index (χ0v) is 9.45. The van der Waals surface area contributed by atoms with Gasteiger partial charge in [0.25, 0.3) is 0 Å². The van der Waals surface area contributed by atoms with E-state index < -0.39 is 0 Å². The summed E-state index contributed by atoms with van der Waals surface area (Å²) in [5.41, 5.74) is 10.5. The van der Waals surface area contributed by atoms with Gasteiger partial charge in [-0.25, -0.2) is 0 Å². The normalized spacial score (nSPS) is 10.8.